The van der Waals surface area contributed by atoms with Crippen LogP contribution < -0.4 is 0 Å². The molecular weight excluding hydrogens is 628 g/mol. The van der Waals surface area contributed by atoms with Gasteiger partial charge in [-0.15, -0.1) is 0 Å². The Hall–Kier alpha value is -2.69. The summed E-state index contributed by atoms with van der Waals surface area (Å²) in [6.45, 7) is 0. The molecule has 0 bridgehead atoms. The summed E-state index contributed by atoms with van der Waals surface area (Å²) in [7, 11) is 11.0. The molecule has 0 spiro atoms. The van der Waals surface area contributed by atoms with Crippen molar-refractivity contribution in [2.24, 2.45) is 0 Å². The second-order valence-corrected chi connectivity index (χ2v) is 9.97. The maximum absolute atomic E-state index is 13.2. The molecule has 0 aromatic rings. The van der Waals surface area contributed by atoms with E-state index in [1.54, 1.807) is 0 Å². The molecule has 3 aliphatic rings. The maximum Gasteiger partial charge on any atom is 0.377 e. The van der Waals surface area contributed by atoms with E-state index in [4.69, 9.17) is 66.3 Å². The summed E-state index contributed by atoms with van der Waals surface area (Å²) in [6.07, 6.45) is -17.6. The van der Waals surface area contributed by atoms with Gasteiger partial charge in [-0.25, -0.2) is 14.4 Å². The Morgan fingerprint density at radius 1 is 0.565 bits per heavy atom. The predicted molar refractivity (Wildman–Crippen MR) is 145 cm³/mol. The number of hydrogen-bond acceptors (Lipinski definition) is 19. The van der Waals surface area contributed by atoms with Gasteiger partial charge in [-0.1, -0.05) is 0 Å². The van der Waals surface area contributed by atoms with Gasteiger partial charge in [0.1, 0.15) is 36.6 Å². The van der Waals surface area contributed by atoms with Gasteiger partial charge in [0.15, 0.2) is 42.8 Å². The molecule has 0 radical (unpaired) electrons. The van der Waals surface area contributed by atoms with E-state index in [1.807, 2.05) is 0 Å². The molecule has 264 valence electrons. The number of carbonyl (C=O) groups is 3. The van der Waals surface area contributed by atoms with Gasteiger partial charge in [0.05, 0.1) is 21.3 Å². The lowest BCUT2D eigenvalue weighted by atomic mass is 9.95. The summed E-state index contributed by atoms with van der Waals surface area (Å²) in [5.41, 5.74) is 0. The minimum Gasteiger partial charge on any atom is -0.506 e. The molecule has 13 atom stereocenters. The van der Waals surface area contributed by atoms with Gasteiger partial charge in [-0.3, -0.25) is 0 Å². The molecule has 0 aromatic carbocycles. The zero-order valence-corrected chi connectivity index (χ0v) is 26.8. The Balaban J connectivity index is 2.02. The van der Waals surface area contributed by atoms with E-state index >= 15 is 0 Å². The zero-order valence-electron chi connectivity index (χ0n) is 26.8. The second kappa shape index (κ2) is 16.9. The lowest BCUT2D eigenvalue weighted by Crippen LogP contribution is -2.67. The minimum atomic E-state index is -1.62. The summed E-state index contributed by atoms with van der Waals surface area (Å²) in [4.78, 5) is 38.3. The van der Waals surface area contributed by atoms with Crippen LogP contribution in [0.4, 0.5) is 0 Å². The van der Waals surface area contributed by atoms with E-state index in [9.17, 15) is 24.6 Å². The van der Waals surface area contributed by atoms with Crippen LogP contribution in [0.15, 0.2) is 11.5 Å². The summed E-state index contributed by atoms with van der Waals surface area (Å²) in [5.74, 6) is -4.14. The van der Waals surface area contributed by atoms with Crippen LogP contribution in [0.2, 0.25) is 0 Å². The standard InChI is InChI=1S/C27H42O19/c1-33-11-10(28)12(22(29)39-7)43-26(20(11)37-5)45-16-14(35-3)21(38-6)27(46-19(16)24(31)41-9)44-15-13(34-2)17(36-4)25(32)42-18(15)23(30)40-8/h11,13-21,25-28,32H,1-9H3/t11-,13-,14-,15+,16+,17+,18+,19-,20+,21+,25+,26+,27-/m0/s1. The van der Waals surface area contributed by atoms with Crippen LogP contribution in [-0.4, -0.2) is 172 Å². The number of esters is 3. The van der Waals surface area contributed by atoms with E-state index in [1.165, 1.54) is 42.7 Å². The first kappa shape index (κ1) is 37.8. The van der Waals surface area contributed by atoms with Crippen LogP contribution in [-0.2, 0) is 80.7 Å². The van der Waals surface area contributed by atoms with Crippen molar-refractivity contribution in [3.8, 4) is 0 Å². The van der Waals surface area contributed by atoms with Crippen molar-refractivity contribution >= 4 is 17.9 Å². The van der Waals surface area contributed by atoms with Crippen molar-refractivity contribution in [1.29, 1.82) is 0 Å². The molecule has 2 saturated heterocycles. The Morgan fingerprint density at radius 3 is 1.50 bits per heavy atom. The second-order valence-electron chi connectivity index (χ2n) is 9.97. The number of hydrogen-bond donors (Lipinski definition) is 2. The van der Waals surface area contributed by atoms with Crippen molar-refractivity contribution < 1.29 is 90.9 Å². The van der Waals surface area contributed by atoms with Crippen molar-refractivity contribution in [3.05, 3.63) is 11.5 Å². The molecule has 19 nitrogen and oxygen atoms in total. The van der Waals surface area contributed by atoms with Gasteiger partial charge >= 0.3 is 17.9 Å². The van der Waals surface area contributed by atoms with E-state index in [-0.39, 0.29) is 0 Å². The number of aliphatic hydroxyl groups is 2. The fourth-order valence-corrected chi connectivity index (χ4v) is 5.50. The molecule has 2 fully saturated rings. The molecule has 3 aliphatic heterocycles. The topological polar surface area (TPSA) is 221 Å². The van der Waals surface area contributed by atoms with Gasteiger partial charge in [0, 0.05) is 42.7 Å². The van der Waals surface area contributed by atoms with Crippen LogP contribution in [0.5, 0.6) is 0 Å². The van der Waals surface area contributed by atoms with Crippen LogP contribution in [0, 0.1) is 0 Å². The molecule has 0 unspecified atom stereocenters. The number of ether oxygens (including phenoxy) is 14. The van der Waals surface area contributed by atoms with Gasteiger partial charge in [-0.2, -0.15) is 0 Å². The van der Waals surface area contributed by atoms with Gasteiger partial charge < -0.3 is 76.5 Å². The quantitative estimate of drug-likeness (QED) is 0.159. The first-order valence-corrected chi connectivity index (χ1v) is 13.8. The predicted octanol–water partition coefficient (Wildman–Crippen LogP) is -2.07. The van der Waals surface area contributed by atoms with Crippen molar-refractivity contribution in [1.82, 2.24) is 0 Å². The highest BCUT2D eigenvalue weighted by Crippen LogP contribution is 2.36. The summed E-state index contributed by atoms with van der Waals surface area (Å²) in [5, 5.41) is 21.1. The van der Waals surface area contributed by atoms with Gasteiger partial charge in [0.2, 0.25) is 12.0 Å². The first-order chi connectivity index (χ1) is 22.0. The Bertz CT molecular complexity index is 1070. The van der Waals surface area contributed by atoms with E-state index in [2.05, 4.69) is 0 Å². The molecule has 3 heterocycles. The average Bonchev–Trinajstić information content (AvgIpc) is 3.07. The van der Waals surface area contributed by atoms with Crippen LogP contribution in [0.3, 0.4) is 0 Å². The number of rotatable bonds is 13. The Morgan fingerprint density at radius 2 is 1.04 bits per heavy atom. The summed E-state index contributed by atoms with van der Waals surface area (Å²) in [6, 6.07) is 0. The molecule has 0 aliphatic carbocycles. The molecule has 0 amide bonds. The molecule has 0 saturated carbocycles. The van der Waals surface area contributed by atoms with Crippen molar-refractivity contribution in [2.75, 3.05) is 64.0 Å². The zero-order chi connectivity index (χ0) is 34.3. The molecule has 0 aromatic heterocycles. The third kappa shape index (κ3) is 7.39. The average molecular weight is 671 g/mol. The number of carbonyl (C=O) groups excluding carboxylic acids is 3. The smallest absolute Gasteiger partial charge is 0.377 e. The minimum absolute atomic E-state index is 0.612. The molecule has 3 rings (SSSR count). The van der Waals surface area contributed by atoms with E-state index < -0.39 is 109 Å². The molecule has 2 N–H and O–H groups in total. The fourth-order valence-electron chi connectivity index (χ4n) is 5.50. The van der Waals surface area contributed by atoms with E-state index in [0.29, 0.717) is 0 Å². The van der Waals surface area contributed by atoms with Gasteiger partial charge in [0.25, 0.3) is 0 Å². The normalized spacial score (nSPS) is 38.1. The summed E-state index contributed by atoms with van der Waals surface area (Å²) < 4.78 is 77.1. The lowest BCUT2D eigenvalue weighted by molar-refractivity contribution is -0.366. The third-order valence-corrected chi connectivity index (χ3v) is 7.75. The largest absolute Gasteiger partial charge is 0.506 e. The number of methoxy groups -OCH3 is 9. The monoisotopic (exact) mass is 670 g/mol. The van der Waals surface area contributed by atoms with Crippen LogP contribution in [0.1, 0.15) is 0 Å². The maximum atomic E-state index is 13.2. The van der Waals surface area contributed by atoms with Crippen LogP contribution >= 0.6 is 0 Å². The third-order valence-electron chi connectivity index (χ3n) is 7.75. The highest BCUT2D eigenvalue weighted by atomic mass is 16.8. The highest BCUT2D eigenvalue weighted by Gasteiger charge is 2.58. The summed E-state index contributed by atoms with van der Waals surface area (Å²) >= 11 is 0. The van der Waals surface area contributed by atoms with Crippen molar-refractivity contribution in [3.63, 3.8) is 0 Å². The van der Waals surface area contributed by atoms with Gasteiger partial charge in [-0.05, 0) is 0 Å². The Kier molecular flexibility index (Phi) is 13.9. The SMILES string of the molecule is COC(=O)C1=C(O)[C@H](OC)[C@@H](OC)[C@@H](O[C@@H]2[C@H](OC)[C@@H](OC)[C@@H](O[C@@H]3[C@H](OC)[C@@H](OC)[C@H](O)O[C@H]3C(=O)OC)O[C@@H]2C(=O)OC)O1. The number of aliphatic hydroxyl groups excluding tert-OH is 2. The fraction of sp³-hybridized carbons (Fsp3) is 0.815. The van der Waals surface area contributed by atoms with Crippen LogP contribution in [0.25, 0.3) is 0 Å². The van der Waals surface area contributed by atoms with Crippen molar-refractivity contribution in [2.45, 2.75) is 79.9 Å². The highest BCUT2D eigenvalue weighted by molar-refractivity contribution is 5.87. The molecule has 19 heteroatoms. The lowest BCUT2D eigenvalue weighted by Gasteiger charge is -2.48. The first-order valence-electron chi connectivity index (χ1n) is 13.8. The Labute approximate surface area is 264 Å². The molecule has 46 heavy (non-hydrogen) atoms. The van der Waals surface area contributed by atoms with E-state index in [0.717, 1.165) is 21.3 Å². The molecular formula is C27H42O19.